The van der Waals surface area contributed by atoms with Gasteiger partial charge in [0.25, 0.3) is 0 Å². The molecular formula is C11H16ClNO. The average molecular weight is 214 g/mol. The maximum atomic E-state index is 9.64. The lowest BCUT2D eigenvalue weighted by Gasteiger charge is -2.25. The van der Waals surface area contributed by atoms with Gasteiger partial charge < -0.3 is 10.4 Å². The quantitative estimate of drug-likeness (QED) is 0.751. The molecule has 1 atom stereocenters. The molecule has 14 heavy (non-hydrogen) atoms. The predicted octanol–water partition coefficient (Wildman–Crippen LogP) is 2.41. The van der Waals surface area contributed by atoms with E-state index in [1.54, 1.807) is 6.07 Å². The number of aromatic hydroxyl groups is 1. The Balaban J connectivity index is 0.000000980. The number of hydrogen-bond donors (Lipinski definition) is 2. The molecule has 1 aromatic rings. The molecule has 3 heteroatoms. The lowest BCUT2D eigenvalue weighted by Crippen LogP contribution is -2.21. The van der Waals surface area contributed by atoms with E-state index < -0.39 is 0 Å². The summed E-state index contributed by atoms with van der Waals surface area (Å²) in [6.45, 7) is 0. The molecule has 0 saturated carbocycles. The van der Waals surface area contributed by atoms with Crippen LogP contribution < -0.4 is 5.32 Å². The Morgan fingerprint density at radius 1 is 1.43 bits per heavy atom. The lowest BCUT2D eigenvalue weighted by atomic mass is 9.87. The Hall–Kier alpha value is -0.730. The van der Waals surface area contributed by atoms with Crippen molar-refractivity contribution in [1.29, 1.82) is 0 Å². The van der Waals surface area contributed by atoms with Crippen molar-refractivity contribution < 1.29 is 5.11 Å². The van der Waals surface area contributed by atoms with Gasteiger partial charge >= 0.3 is 0 Å². The minimum atomic E-state index is 0. The Labute approximate surface area is 90.7 Å². The number of halogens is 1. The zero-order chi connectivity index (χ0) is 9.26. The Morgan fingerprint density at radius 2 is 2.21 bits per heavy atom. The molecule has 0 spiro atoms. The third kappa shape index (κ3) is 1.86. The summed E-state index contributed by atoms with van der Waals surface area (Å²) in [7, 11) is 1.98. The summed E-state index contributed by atoms with van der Waals surface area (Å²) in [4.78, 5) is 0. The summed E-state index contributed by atoms with van der Waals surface area (Å²) in [5, 5.41) is 12.9. The first kappa shape index (κ1) is 11.3. The standard InChI is InChI=1S/C11H15NO.ClH/c1-12-10-6-2-5-9-8(10)4-3-7-11(9)13;/h3-4,7,10,12-13H,2,5-6H2,1H3;1H. The highest BCUT2D eigenvalue weighted by Gasteiger charge is 2.20. The first-order chi connectivity index (χ1) is 6.33. The summed E-state index contributed by atoms with van der Waals surface area (Å²) < 4.78 is 0. The first-order valence-corrected chi connectivity index (χ1v) is 4.81. The number of fused-ring (bicyclic) bond motifs is 1. The van der Waals surface area contributed by atoms with Crippen LogP contribution in [-0.4, -0.2) is 12.2 Å². The van der Waals surface area contributed by atoms with E-state index in [2.05, 4.69) is 11.4 Å². The van der Waals surface area contributed by atoms with Crippen LogP contribution in [0.15, 0.2) is 18.2 Å². The van der Waals surface area contributed by atoms with Crippen molar-refractivity contribution in [3.63, 3.8) is 0 Å². The molecule has 0 aliphatic heterocycles. The average Bonchev–Trinajstić information content (AvgIpc) is 2.18. The summed E-state index contributed by atoms with van der Waals surface area (Å²) in [5.74, 6) is 0.456. The molecule has 0 saturated heterocycles. The van der Waals surface area contributed by atoms with Crippen molar-refractivity contribution in [2.24, 2.45) is 0 Å². The molecule has 0 amide bonds. The van der Waals surface area contributed by atoms with Gasteiger partial charge in [-0.25, -0.2) is 0 Å². The van der Waals surface area contributed by atoms with Gasteiger partial charge in [-0.05, 0) is 43.5 Å². The molecule has 78 valence electrons. The SMILES string of the molecule is CNC1CCCc2c(O)cccc21.Cl. The van der Waals surface area contributed by atoms with Gasteiger partial charge in [0.05, 0.1) is 0 Å². The van der Waals surface area contributed by atoms with Crippen molar-refractivity contribution >= 4 is 12.4 Å². The fraction of sp³-hybridized carbons (Fsp3) is 0.455. The zero-order valence-electron chi connectivity index (χ0n) is 8.29. The van der Waals surface area contributed by atoms with Crippen LogP contribution in [0.5, 0.6) is 5.75 Å². The Kier molecular flexibility index (Phi) is 3.78. The number of benzene rings is 1. The molecule has 2 rings (SSSR count). The maximum Gasteiger partial charge on any atom is 0.119 e. The van der Waals surface area contributed by atoms with Crippen LogP contribution in [0.1, 0.15) is 30.0 Å². The van der Waals surface area contributed by atoms with E-state index in [1.165, 1.54) is 12.0 Å². The molecule has 0 radical (unpaired) electrons. The second-order valence-electron chi connectivity index (χ2n) is 3.58. The summed E-state index contributed by atoms with van der Waals surface area (Å²) >= 11 is 0. The van der Waals surface area contributed by atoms with Crippen LogP contribution in [0, 0.1) is 0 Å². The normalized spacial score (nSPS) is 19.6. The van der Waals surface area contributed by atoms with Gasteiger partial charge in [-0.15, -0.1) is 12.4 Å². The third-order valence-corrected chi connectivity index (χ3v) is 2.83. The third-order valence-electron chi connectivity index (χ3n) is 2.83. The number of hydrogen-bond acceptors (Lipinski definition) is 2. The number of rotatable bonds is 1. The molecule has 0 aromatic heterocycles. The highest BCUT2D eigenvalue weighted by molar-refractivity contribution is 5.85. The minimum absolute atomic E-state index is 0. The maximum absolute atomic E-state index is 9.64. The smallest absolute Gasteiger partial charge is 0.119 e. The van der Waals surface area contributed by atoms with E-state index in [9.17, 15) is 5.11 Å². The van der Waals surface area contributed by atoms with Crippen LogP contribution in [0.25, 0.3) is 0 Å². The van der Waals surface area contributed by atoms with Gasteiger partial charge in [0.15, 0.2) is 0 Å². The van der Waals surface area contributed by atoms with E-state index in [4.69, 9.17) is 0 Å². The molecule has 1 aromatic carbocycles. The van der Waals surface area contributed by atoms with Crippen molar-refractivity contribution in [3.05, 3.63) is 29.3 Å². The van der Waals surface area contributed by atoms with Crippen LogP contribution in [-0.2, 0) is 6.42 Å². The first-order valence-electron chi connectivity index (χ1n) is 4.81. The lowest BCUT2D eigenvalue weighted by molar-refractivity contribution is 0.443. The van der Waals surface area contributed by atoms with Crippen molar-refractivity contribution in [1.82, 2.24) is 5.32 Å². The Morgan fingerprint density at radius 3 is 2.93 bits per heavy atom. The van der Waals surface area contributed by atoms with E-state index in [-0.39, 0.29) is 12.4 Å². The zero-order valence-corrected chi connectivity index (χ0v) is 9.10. The highest BCUT2D eigenvalue weighted by Crippen LogP contribution is 2.34. The molecule has 1 unspecified atom stereocenters. The van der Waals surface area contributed by atoms with Crippen molar-refractivity contribution in [2.75, 3.05) is 7.05 Å². The monoisotopic (exact) mass is 213 g/mol. The number of phenols is 1. The van der Waals surface area contributed by atoms with Gasteiger partial charge in [0, 0.05) is 6.04 Å². The van der Waals surface area contributed by atoms with Crippen molar-refractivity contribution in [3.8, 4) is 5.75 Å². The van der Waals surface area contributed by atoms with E-state index in [0.29, 0.717) is 11.8 Å². The van der Waals surface area contributed by atoms with Crippen LogP contribution in [0.4, 0.5) is 0 Å². The fourth-order valence-electron chi connectivity index (χ4n) is 2.13. The summed E-state index contributed by atoms with van der Waals surface area (Å²) in [5.41, 5.74) is 2.40. The van der Waals surface area contributed by atoms with Gasteiger partial charge in [-0.2, -0.15) is 0 Å². The largest absolute Gasteiger partial charge is 0.508 e. The van der Waals surface area contributed by atoms with Crippen LogP contribution >= 0.6 is 12.4 Å². The van der Waals surface area contributed by atoms with E-state index in [0.717, 1.165) is 18.4 Å². The summed E-state index contributed by atoms with van der Waals surface area (Å²) in [6, 6.07) is 6.23. The predicted molar refractivity (Wildman–Crippen MR) is 60.1 cm³/mol. The minimum Gasteiger partial charge on any atom is -0.508 e. The van der Waals surface area contributed by atoms with Crippen LogP contribution in [0.3, 0.4) is 0 Å². The van der Waals surface area contributed by atoms with E-state index in [1.807, 2.05) is 13.1 Å². The topological polar surface area (TPSA) is 32.3 Å². The number of phenolic OH excluding ortho intramolecular Hbond substituents is 1. The molecule has 2 N–H and O–H groups in total. The second kappa shape index (κ2) is 4.67. The van der Waals surface area contributed by atoms with Gasteiger partial charge in [-0.1, -0.05) is 12.1 Å². The highest BCUT2D eigenvalue weighted by atomic mass is 35.5. The molecule has 1 aliphatic rings. The fourth-order valence-corrected chi connectivity index (χ4v) is 2.13. The van der Waals surface area contributed by atoms with Crippen LogP contribution in [0.2, 0.25) is 0 Å². The van der Waals surface area contributed by atoms with Gasteiger partial charge in [-0.3, -0.25) is 0 Å². The van der Waals surface area contributed by atoms with E-state index >= 15 is 0 Å². The molecular weight excluding hydrogens is 198 g/mol. The molecule has 0 heterocycles. The number of nitrogens with one attached hydrogen (secondary N) is 1. The summed E-state index contributed by atoms with van der Waals surface area (Å²) in [6.07, 6.45) is 3.35. The van der Waals surface area contributed by atoms with Gasteiger partial charge in [0.1, 0.15) is 5.75 Å². The molecule has 1 aliphatic carbocycles. The molecule has 2 nitrogen and oxygen atoms in total. The molecule has 0 bridgehead atoms. The second-order valence-corrected chi connectivity index (χ2v) is 3.58. The molecule has 0 fully saturated rings. The van der Waals surface area contributed by atoms with Crippen molar-refractivity contribution in [2.45, 2.75) is 25.3 Å². The van der Waals surface area contributed by atoms with Gasteiger partial charge in [0.2, 0.25) is 0 Å². The Bertz CT molecular complexity index is 314.